The number of allylic oxidation sites excluding steroid dienone is 1. The van der Waals surface area contributed by atoms with E-state index in [1.807, 2.05) is 6.08 Å². The van der Waals surface area contributed by atoms with Gasteiger partial charge in [0, 0.05) is 0 Å². The molecule has 0 aliphatic carbocycles. The molecule has 0 saturated heterocycles. The van der Waals surface area contributed by atoms with Crippen molar-refractivity contribution >= 4 is 22.5 Å². The van der Waals surface area contributed by atoms with Crippen LogP contribution in [0.25, 0.3) is 0 Å². The van der Waals surface area contributed by atoms with E-state index in [-0.39, 0.29) is 1.43 Å². The maximum absolute atomic E-state index is 3.51. The number of hydrogen-bond donors (Lipinski definition) is 0. The zero-order valence-corrected chi connectivity index (χ0v) is 5.86. The molecule has 0 bridgehead atoms. The standard InChI is InChI=1S/C3H5.Sn.H/c1-3-2;;/h3H,1-2H2;;/p+1. The molecule has 0 aliphatic heterocycles. The first-order valence-electron chi connectivity index (χ1n) is 1.22. The Bertz CT molecular complexity index is 20.9. The van der Waals surface area contributed by atoms with Gasteiger partial charge in [-0.3, -0.25) is 0 Å². The first-order chi connectivity index (χ1) is 1.91. The molecule has 0 aromatic rings. The maximum Gasteiger partial charge on any atom is 1.00 e. The predicted octanol–water partition coefficient (Wildman–Crippen LogP) is 0.604. The summed E-state index contributed by atoms with van der Waals surface area (Å²) in [5, 5.41) is 0. The van der Waals surface area contributed by atoms with Crippen LogP contribution in [-0.2, 0) is 0 Å². The molecule has 0 aliphatic rings. The van der Waals surface area contributed by atoms with Crippen LogP contribution in [0.1, 0.15) is 1.43 Å². The Morgan fingerprint density at radius 2 is 2.50 bits per heavy atom. The van der Waals surface area contributed by atoms with Crippen LogP contribution in [0.15, 0.2) is 12.7 Å². The zero-order chi connectivity index (χ0) is 3.41. The van der Waals surface area contributed by atoms with Crippen molar-refractivity contribution in [2.75, 3.05) is 0 Å². The molecular weight excluding hydrogens is 155 g/mol. The molecule has 0 spiro atoms. The van der Waals surface area contributed by atoms with Crippen LogP contribution in [0.4, 0.5) is 0 Å². The molecule has 1 heteroatoms. The molecule has 0 unspecified atom stereocenters. The van der Waals surface area contributed by atoms with E-state index in [1.165, 1.54) is 27.0 Å². The summed E-state index contributed by atoms with van der Waals surface area (Å²) in [6, 6.07) is 0. The zero-order valence-electron chi connectivity index (χ0n) is 3.57. The monoisotopic (exact) mass is 163 g/mol. The van der Waals surface area contributed by atoms with E-state index < -0.39 is 0 Å². The van der Waals surface area contributed by atoms with Crippen molar-refractivity contribution in [2.24, 2.45) is 0 Å². The molecule has 4 heavy (non-hydrogen) atoms. The minimum atomic E-state index is 0. The molecule has 0 aromatic carbocycles. The van der Waals surface area contributed by atoms with Crippen LogP contribution in [0.2, 0.25) is 4.44 Å². The van der Waals surface area contributed by atoms with Gasteiger partial charge in [-0.2, -0.15) is 0 Å². The average Bonchev–Trinajstić information content (AvgIpc) is 1.37. The summed E-state index contributed by atoms with van der Waals surface area (Å²) in [5.41, 5.74) is 0. The molecule has 0 N–H and O–H groups in total. The second-order valence-electron chi connectivity index (χ2n) is 0.524. The fraction of sp³-hybridized carbons (Fsp3) is 0.333. The van der Waals surface area contributed by atoms with Gasteiger partial charge in [-0.05, 0) is 0 Å². The molecule has 22 valence electrons. The molecule has 0 saturated carbocycles. The van der Waals surface area contributed by atoms with E-state index in [9.17, 15) is 0 Å². The normalized spacial score (nSPS) is 6.25. The van der Waals surface area contributed by atoms with Crippen LogP contribution in [0.5, 0.6) is 0 Å². The van der Waals surface area contributed by atoms with Crippen LogP contribution in [0, 0.1) is 0 Å². The molecule has 0 aromatic heterocycles. The van der Waals surface area contributed by atoms with E-state index in [0.29, 0.717) is 0 Å². The van der Waals surface area contributed by atoms with Gasteiger partial charge in [0.15, 0.2) is 0 Å². The number of rotatable bonds is 1. The second kappa shape index (κ2) is 3.54. The Morgan fingerprint density at radius 3 is 2.50 bits per heavy atom. The summed E-state index contributed by atoms with van der Waals surface area (Å²) in [6.45, 7) is 3.51. The quantitative estimate of drug-likeness (QED) is 0.391. The van der Waals surface area contributed by atoms with Crippen molar-refractivity contribution in [3.05, 3.63) is 12.7 Å². The van der Waals surface area contributed by atoms with Gasteiger partial charge < -0.3 is 0 Å². The fourth-order valence-electron chi connectivity index (χ4n) is 0. The van der Waals surface area contributed by atoms with Crippen LogP contribution >= 0.6 is 0 Å². The third-order valence-electron chi connectivity index (χ3n) is 0.167. The Labute approximate surface area is 41.5 Å². The Morgan fingerprint density at radius 1 is 2.25 bits per heavy atom. The fourth-order valence-corrected chi connectivity index (χ4v) is 0. The molecule has 2 radical (unpaired) electrons. The third kappa shape index (κ3) is 2.54. The second-order valence-corrected chi connectivity index (χ2v) is 1.87. The van der Waals surface area contributed by atoms with Crippen LogP contribution in [-0.4, -0.2) is 22.5 Å². The minimum Gasteiger partial charge on any atom is 1.00 e. The van der Waals surface area contributed by atoms with E-state index >= 15 is 0 Å². The van der Waals surface area contributed by atoms with Crippen molar-refractivity contribution in [1.82, 2.24) is 0 Å². The maximum atomic E-state index is 3.51. The molecule has 0 nitrogen and oxygen atoms in total. The summed E-state index contributed by atoms with van der Waals surface area (Å²) in [4.78, 5) is 0. The smallest absolute Gasteiger partial charge is 1.00 e. The molecular formula is C3H7Sn+. The molecule has 0 atom stereocenters. The summed E-state index contributed by atoms with van der Waals surface area (Å²) < 4.78 is 1.21. The third-order valence-corrected chi connectivity index (χ3v) is 1.12. The topological polar surface area (TPSA) is 0 Å². The summed E-state index contributed by atoms with van der Waals surface area (Å²) in [6.07, 6.45) is 1.93. The van der Waals surface area contributed by atoms with Gasteiger partial charge in [-0.25, -0.2) is 0 Å². The molecule has 0 rings (SSSR count). The van der Waals surface area contributed by atoms with E-state index in [4.69, 9.17) is 0 Å². The Balaban J connectivity index is 0. The van der Waals surface area contributed by atoms with Crippen LogP contribution < -0.4 is 0 Å². The largest absolute Gasteiger partial charge is 1.00 e. The Kier molecular flexibility index (Phi) is 4.02. The van der Waals surface area contributed by atoms with Gasteiger partial charge in [0.25, 0.3) is 0 Å². The molecule has 0 amide bonds. The van der Waals surface area contributed by atoms with Gasteiger partial charge in [0.2, 0.25) is 0 Å². The summed E-state index contributed by atoms with van der Waals surface area (Å²) in [5.74, 6) is 0. The van der Waals surface area contributed by atoms with Gasteiger partial charge in [0.05, 0.1) is 0 Å². The summed E-state index contributed by atoms with van der Waals surface area (Å²) in [7, 11) is 0. The van der Waals surface area contributed by atoms with Crippen molar-refractivity contribution in [1.29, 1.82) is 0 Å². The SMILES string of the molecule is C=C[CH2][SnH].[H+]. The molecule has 0 heterocycles. The number of hydrogen-bond acceptors (Lipinski definition) is 0. The van der Waals surface area contributed by atoms with Gasteiger partial charge in [-0.1, -0.05) is 0 Å². The van der Waals surface area contributed by atoms with Gasteiger partial charge >= 0.3 is 41.0 Å². The summed E-state index contributed by atoms with van der Waals surface area (Å²) >= 11 is 1.32. The van der Waals surface area contributed by atoms with Gasteiger partial charge in [0.1, 0.15) is 0 Å². The minimum absolute atomic E-state index is 0. The van der Waals surface area contributed by atoms with E-state index in [1.54, 1.807) is 0 Å². The first kappa shape index (κ1) is 4.54. The first-order valence-corrected chi connectivity index (χ1v) is 3.56. The van der Waals surface area contributed by atoms with Crippen molar-refractivity contribution < 1.29 is 1.43 Å². The van der Waals surface area contributed by atoms with E-state index in [0.717, 1.165) is 0 Å². The molecule has 0 fully saturated rings. The van der Waals surface area contributed by atoms with E-state index in [2.05, 4.69) is 6.58 Å². The van der Waals surface area contributed by atoms with Crippen LogP contribution in [0.3, 0.4) is 0 Å². The van der Waals surface area contributed by atoms with Gasteiger partial charge in [-0.15, -0.1) is 0 Å². The van der Waals surface area contributed by atoms with Crippen molar-refractivity contribution in [3.8, 4) is 0 Å². The van der Waals surface area contributed by atoms with Crippen molar-refractivity contribution in [3.63, 3.8) is 0 Å². The predicted molar refractivity (Wildman–Crippen MR) is 23.3 cm³/mol. The van der Waals surface area contributed by atoms with Crippen molar-refractivity contribution in [2.45, 2.75) is 4.44 Å². The Hall–Kier alpha value is 0.539. The average molecular weight is 162 g/mol.